The summed E-state index contributed by atoms with van der Waals surface area (Å²) in [5.41, 5.74) is 7.37. The molecule has 0 unspecified atom stereocenters. The standard InChI is InChI=1S/C20H18ClN7/c1-14-5-4-6-15(11-14)12-24-27-18-17-19(26-20(21)25-18)28(13-23-17)10-8-16-7-2-3-9-22-16/h2-7,9,11-13H,8,10H2,1H3,(H,25,26,27)/b24-12+. The number of nitrogens with zero attached hydrogens (tertiary/aromatic N) is 6. The van der Waals surface area contributed by atoms with Crippen molar-refractivity contribution in [3.8, 4) is 0 Å². The summed E-state index contributed by atoms with van der Waals surface area (Å²) in [6.45, 7) is 2.73. The Balaban J connectivity index is 1.55. The lowest BCUT2D eigenvalue weighted by Gasteiger charge is -2.05. The number of anilines is 1. The fourth-order valence-corrected chi connectivity index (χ4v) is 3.02. The second-order valence-corrected chi connectivity index (χ2v) is 6.64. The van der Waals surface area contributed by atoms with Crippen molar-refractivity contribution >= 4 is 34.8 Å². The van der Waals surface area contributed by atoms with Crippen LogP contribution in [0.2, 0.25) is 5.28 Å². The molecular formula is C20H18ClN7. The van der Waals surface area contributed by atoms with E-state index >= 15 is 0 Å². The third-order valence-electron chi connectivity index (χ3n) is 4.20. The molecule has 1 aromatic carbocycles. The molecule has 0 saturated carbocycles. The van der Waals surface area contributed by atoms with Gasteiger partial charge in [-0.3, -0.25) is 10.4 Å². The van der Waals surface area contributed by atoms with E-state index in [0.29, 0.717) is 23.5 Å². The second-order valence-electron chi connectivity index (χ2n) is 6.31. The third-order valence-corrected chi connectivity index (χ3v) is 4.37. The number of hydrogen-bond donors (Lipinski definition) is 1. The van der Waals surface area contributed by atoms with Gasteiger partial charge in [0.2, 0.25) is 5.28 Å². The molecule has 0 aliphatic rings. The Kier molecular flexibility index (Phi) is 5.25. The number of benzene rings is 1. The topological polar surface area (TPSA) is 80.9 Å². The molecule has 0 bridgehead atoms. The van der Waals surface area contributed by atoms with Gasteiger partial charge in [-0.2, -0.15) is 15.1 Å². The predicted molar refractivity (Wildman–Crippen MR) is 111 cm³/mol. The highest BCUT2D eigenvalue weighted by atomic mass is 35.5. The van der Waals surface area contributed by atoms with Gasteiger partial charge in [-0.05, 0) is 36.2 Å². The minimum Gasteiger partial charge on any atom is -0.315 e. The van der Waals surface area contributed by atoms with Crippen LogP contribution >= 0.6 is 11.6 Å². The van der Waals surface area contributed by atoms with E-state index in [2.05, 4.69) is 30.5 Å². The Morgan fingerprint density at radius 2 is 2.07 bits per heavy atom. The molecule has 0 atom stereocenters. The summed E-state index contributed by atoms with van der Waals surface area (Å²) in [7, 11) is 0. The number of halogens is 1. The maximum absolute atomic E-state index is 6.12. The largest absolute Gasteiger partial charge is 0.315 e. The number of hydrazone groups is 1. The minimum atomic E-state index is 0.139. The van der Waals surface area contributed by atoms with E-state index in [0.717, 1.165) is 17.7 Å². The summed E-state index contributed by atoms with van der Waals surface area (Å²) < 4.78 is 1.94. The van der Waals surface area contributed by atoms with Crippen LogP contribution in [0.4, 0.5) is 5.82 Å². The molecule has 3 aromatic heterocycles. The van der Waals surface area contributed by atoms with E-state index in [4.69, 9.17) is 11.6 Å². The number of nitrogens with one attached hydrogen (secondary N) is 1. The third kappa shape index (κ3) is 4.15. The molecule has 3 heterocycles. The number of aryl methyl sites for hydroxylation is 3. The molecule has 0 aliphatic carbocycles. The van der Waals surface area contributed by atoms with Crippen molar-refractivity contribution in [1.29, 1.82) is 0 Å². The molecule has 28 heavy (non-hydrogen) atoms. The van der Waals surface area contributed by atoms with Gasteiger partial charge in [0.15, 0.2) is 17.0 Å². The van der Waals surface area contributed by atoms with Crippen molar-refractivity contribution in [3.63, 3.8) is 0 Å². The van der Waals surface area contributed by atoms with Crippen LogP contribution < -0.4 is 5.43 Å². The summed E-state index contributed by atoms with van der Waals surface area (Å²) >= 11 is 6.12. The molecule has 0 aliphatic heterocycles. The van der Waals surface area contributed by atoms with Crippen molar-refractivity contribution in [2.45, 2.75) is 19.9 Å². The van der Waals surface area contributed by atoms with E-state index in [1.54, 1.807) is 18.7 Å². The molecule has 0 amide bonds. The monoisotopic (exact) mass is 391 g/mol. The summed E-state index contributed by atoms with van der Waals surface area (Å²) in [6, 6.07) is 13.9. The number of fused-ring (bicyclic) bond motifs is 1. The summed E-state index contributed by atoms with van der Waals surface area (Å²) in [6.07, 6.45) is 6.01. The Morgan fingerprint density at radius 1 is 1.14 bits per heavy atom. The van der Waals surface area contributed by atoms with E-state index in [9.17, 15) is 0 Å². The van der Waals surface area contributed by atoms with Crippen LogP contribution in [0.5, 0.6) is 0 Å². The molecular weight excluding hydrogens is 374 g/mol. The molecule has 4 rings (SSSR count). The fraction of sp³-hybridized carbons (Fsp3) is 0.150. The van der Waals surface area contributed by atoms with E-state index in [1.807, 2.05) is 54.0 Å². The average molecular weight is 392 g/mol. The first-order valence-electron chi connectivity index (χ1n) is 8.83. The van der Waals surface area contributed by atoms with Crippen LogP contribution in [0.25, 0.3) is 11.2 Å². The molecule has 0 fully saturated rings. The van der Waals surface area contributed by atoms with Crippen molar-refractivity contribution in [2.75, 3.05) is 5.43 Å². The first-order valence-corrected chi connectivity index (χ1v) is 9.21. The highest BCUT2D eigenvalue weighted by molar-refractivity contribution is 6.28. The SMILES string of the molecule is Cc1cccc(/C=N/Nc2nc(Cl)nc3c2ncn3CCc2ccccn2)c1. The minimum absolute atomic E-state index is 0.139. The van der Waals surface area contributed by atoms with Crippen molar-refractivity contribution in [2.24, 2.45) is 5.10 Å². The zero-order valence-corrected chi connectivity index (χ0v) is 16.0. The maximum atomic E-state index is 6.12. The first-order chi connectivity index (χ1) is 13.7. The predicted octanol–water partition coefficient (Wildman–Crippen LogP) is 3.87. The highest BCUT2D eigenvalue weighted by Gasteiger charge is 2.12. The normalized spacial score (nSPS) is 11.4. The van der Waals surface area contributed by atoms with Crippen LogP contribution in [0.1, 0.15) is 16.8 Å². The van der Waals surface area contributed by atoms with Gasteiger partial charge in [0.05, 0.1) is 12.5 Å². The number of imidazole rings is 1. The average Bonchev–Trinajstić information content (AvgIpc) is 3.10. The van der Waals surface area contributed by atoms with Gasteiger partial charge in [0.1, 0.15) is 0 Å². The molecule has 140 valence electrons. The van der Waals surface area contributed by atoms with E-state index in [-0.39, 0.29) is 5.28 Å². The van der Waals surface area contributed by atoms with Crippen LogP contribution in [0, 0.1) is 6.92 Å². The molecule has 0 spiro atoms. The van der Waals surface area contributed by atoms with Crippen molar-refractivity contribution in [1.82, 2.24) is 24.5 Å². The smallest absolute Gasteiger partial charge is 0.226 e. The van der Waals surface area contributed by atoms with Crippen LogP contribution in [0.15, 0.2) is 60.1 Å². The lowest BCUT2D eigenvalue weighted by atomic mass is 10.2. The van der Waals surface area contributed by atoms with E-state index in [1.165, 1.54) is 5.56 Å². The highest BCUT2D eigenvalue weighted by Crippen LogP contribution is 2.21. The van der Waals surface area contributed by atoms with Crippen LogP contribution in [-0.4, -0.2) is 30.7 Å². The molecule has 0 saturated heterocycles. The van der Waals surface area contributed by atoms with Gasteiger partial charge in [-0.25, -0.2) is 4.98 Å². The van der Waals surface area contributed by atoms with Gasteiger partial charge < -0.3 is 4.57 Å². The van der Waals surface area contributed by atoms with Gasteiger partial charge >= 0.3 is 0 Å². The fourth-order valence-electron chi connectivity index (χ4n) is 2.86. The van der Waals surface area contributed by atoms with Gasteiger partial charge in [-0.1, -0.05) is 35.9 Å². The summed E-state index contributed by atoms with van der Waals surface area (Å²) in [5, 5.41) is 4.40. The second kappa shape index (κ2) is 8.14. The molecule has 1 N–H and O–H groups in total. The Bertz CT molecular complexity index is 1120. The molecule has 0 radical (unpaired) electrons. The molecule has 7 nitrogen and oxygen atoms in total. The number of hydrogen-bond acceptors (Lipinski definition) is 6. The van der Waals surface area contributed by atoms with Crippen molar-refractivity contribution < 1.29 is 0 Å². The van der Waals surface area contributed by atoms with Gasteiger partial charge in [0.25, 0.3) is 0 Å². The summed E-state index contributed by atoms with van der Waals surface area (Å²) in [5.74, 6) is 0.468. The lowest BCUT2D eigenvalue weighted by molar-refractivity contribution is 0.697. The first kappa shape index (κ1) is 18.1. The lowest BCUT2D eigenvalue weighted by Crippen LogP contribution is -2.03. The Hall–Kier alpha value is -3.32. The Morgan fingerprint density at radius 3 is 2.89 bits per heavy atom. The van der Waals surface area contributed by atoms with Crippen LogP contribution in [-0.2, 0) is 13.0 Å². The van der Waals surface area contributed by atoms with Crippen molar-refractivity contribution in [3.05, 3.63) is 77.1 Å². The van der Waals surface area contributed by atoms with Crippen LogP contribution in [0.3, 0.4) is 0 Å². The summed E-state index contributed by atoms with van der Waals surface area (Å²) in [4.78, 5) is 17.3. The zero-order valence-electron chi connectivity index (χ0n) is 15.2. The zero-order chi connectivity index (χ0) is 19.3. The molecule has 4 aromatic rings. The maximum Gasteiger partial charge on any atom is 0.226 e. The quantitative estimate of drug-likeness (QED) is 0.306. The van der Waals surface area contributed by atoms with E-state index < -0.39 is 0 Å². The molecule has 8 heteroatoms. The van der Waals surface area contributed by atoms with Gasteiger partial charge in [0, 0.05) is 24.9 Å². The number of aromatic nitrogens is 5. The number of pyridine rings is 1. The number of rotatable bonds is 6. The Labute approximate surface area is 167 Å². The van der Waals surface area contributed by atoms with Gasteiger partial charge in [-0.15, -0.1) is 0 Å².